The maximum absolute atomic E-state index is 12.2. The zero-order valence-electron chi connectivity index (χ0n) is 13.5. The largest absolute Gasteiger partial charge is 0.497 e. The predicted octanol–water partition coefficient (Wildman–Crippen LogP) is 2.81. The first-order chi connectivity index (χ1) is 11.5. The number of rotatable bonds is 5. The van der Waals surface area contributed by atoms with Gasteiger partial charge in [-0.05, 0) is 42.8 Å². The molecule has 1 aromatic heterocycles. The molecule has 1 atom stereocenters. The molecule has 0 fully saturated rings. The third-order valence-electron chi connectivity index (χ3n) is 3.68. The van der Waals surface area contributed by atoms with E-state index in [1.807, 2.05) is 24.3 Å². The van der Waals surface area contributed by atoms with Crippen LogP contribution in [0.3, 0.4) is 0 Å². The fourth-order valence-corrected chi connectivity index (χ4v) is 2.48. The molecule has 3 N–H and O–H groups in total. The molecule has 24 heavy (non-hydrogen) atoms. The fraction of sp³-hybridized carbons (Fsp3) is 0.222. The predicted molar refractivity (Wildman–Crippen MR) is 92.1 cm³/mol. The average Bonchev–Trinajstić information content (AvgIpc) is 2.98. The van der Waals surface area contributed by atoms with Gasteiger partial charge in [-0.15, -0.1) is 0 Å². The van der Waals surface area contributed by atoms with E-state index < -0.39 is 6.10 Å². The molecule has 0 aliphatic heterocycles. The summed E-state index contributed by atoms with van der Waals surface area (Å²) in [5, 5.41) is 12.4. The van der Waals surface area contributed by atoms with Gasteiger partial charge in [-0.2, -0.15) is 0 Å². The second-order valence-corrected chi connectivity index (χ2v) is 5.61. The van der Waals surface area contributed by atoms with E-state index in [2.05, 4.69) is 15.3 Å². The van der Waals surface area contributed by atoms with E-state index >= 15 is 0 Å². The summed E-state index contributed by atoms with van der Waals surface area (Å²) in [6.07, 6.45) is -0.402. The SMILES string of the molecule is COc1cccc(CC(=O)Nc2ccc3nc(C(C)O)[nH]c3c2)c1. The Hall–Kier alpha value is -2.86. The minimum atomic E-state index is -0.663. The van der Waals surface area contributed by atoms with Gasteiger partial charge in [0.15, 0.2) is 0 Å². The number of benzene rings is 2. The van der Waals surface area contributed by atoms with Crippen LogP contribution in [0, 0.1) is 0 Å². The van der Waals surface area contributed by atoms with Crippen molar-refractivity contribution in [1.29, 1.82) is 0 Å². The number of hydrogen-bond acceptors (Lipinski definition) is 4. The molecule has 0 bridgehead atoms. The van der Waals surface area contributed by atoms with Gasteiger partial charge < -0.3 is 20.1 Å². The summed E-state index contributed by atoms with van der Waals surface area (Å²) in [5.41, 5.74) is 3.07. The van der Waals surface area contributed by atoms with Crippen molar-refractivity contribution in [2.24, 2.45) is 0 Å². The Morgan fingerprint density at radius 1 is 1.33 bits per heavy atom. The number of fused-ring (bicyclic) bond motifs is 1. The molecule has 0 aliphatic rings. The number of methoxy groups -OCH3 is 1. The van der Waals surface area contributed by atoms with Crippen LogP contribution in [0.15, 0.2) is 42.5 Å². The Balaban J connectivity index is 1.72. The number of carbonyl (C=O) groups excluding carboxylic acids is 1. The average molecular weight is 325 g/mol. The number of aromatic nitrogens is 2. The molecule has 0 saturated heterocycles. The van der Waals surface area contributed by atoms with Crippen LogP contribution in [0.5, 0.6) is 5.75 Å². The number of nitrogens with zero attached hydrogens (tertiary/aromatic N) is 1. The molecule has 124 valence electrons. The summed E-state index contributed by atoms with van der Waals surface area (Å²) in [5.74, 6) is 1.12. The second-order valence-electron chi connectivity index (χ2n) is 5.61. The van der Waals surface area contributed by atoms with Gasteiger partial charge in [0.05, 0.1) is 24.6 Å². The van der Waals surface area contributed by atoms with E-state index in [1.165, 1.54) is 0 Å². The van der Waals surface area contributed by atoms with Gasteiger partial charge in [0.2, 0.25) is 5.91 Å². The van der Waals surface area contributed by atoms with Crippen LogP contribution in [0.4, 0.5) is 5.69 Å². The van der Waals surface area contributed by atoms with Gasteiger partial charge in [0.25, 0.3) is 0 Å². The first-order valence-electron chi connectivity index (χ1n) is 7.65. The lowest BCUT2D eigenvalue weighted by Gasteiger charge is -2.06. The summed E-state index contributed by atoms with van der Waals surface area (Å²) in [6.45, 7) is 1.65. The Kier molecular flexibility index (Phi) is 4.48. The molecule has 0 aliphatic carbocycles. The van der Waals surface area contributed by atoms with Crippen molar-refractivity contribution in [3.8, 4) is 5.75 Å². The molecule has 0 saturated carbocycles. The number of aliphatic hydroxyl groups excluding tert-OH is 1. The number of carbonyl (C=O) groups is 1. The number of nitrogens with one attached hydrogen (secondary N) is 2. The molecule has 3 aromatic rings. The number of aromatic amines is 1. The maximum Gasteiger partial charge on any atom is 0.228 e. The molecule has 1 unspecified atom stereocenters. The lowest BCUT2D eigenvalue weighted by Crippen LogP contribution is -2.14. The van der Waals surface area contributed by atoms with Crippen LogP contribution in [0.2, 0.25) is 0 Å². The summed E-state index contributed by atoms with van der Waals surface area (Å²) < 4.78 is 5.16. The molecule has 2 aromatic carbocycles. The first-order valence-corrected chi connectivity index (χ1v) is 7.65. The minimum Gasteiger partial charge on any atom is -0.497 e. The van der Waals surface area contributed by atoms with Crippen LogP contribution in [0.1, 0.15) is 24.4 Å². The highest BCUT2D eigenvalue weighted by atomic mass is 16.5. The van der Waals surface area contributed by atoms with Gasteiger partial charge in [-0.1, -0.05) is 12.1 Å². The Morgan fingerprint density at radius 2 is 2.17 bits per heavy atom. The number of anilines is 1. The summed E-state index contributed by atoms with van der Waals surface area (Å²) >= 11 is 0. The monoisotopic (exact) mass is 325 g/mol. The third kappa shape index (κ3) is 3.55. The fourth-order valence-electron chi connectivity index (χ4n) is 2.48. The number of aliphatic hydroxyl groups is 1. The smallest absolute Gasteiger partial charge is 0.228 e. The van der Waals surface area contributed by atoms with Crippen molar-refractivity contribution in [2.45, 2.75) is 19.4 Å². The molecule has 0 spiro atoms. The molecule has 1 amide bonds. The van der Waals surface area contributed by atoms with Crippen LogP contribution in [0.25, 0.3) is 11.0 Å². The van der Waals surface area contributed by atoms with Gasteiger partial charge in [0, 0.05) is 5.69 Å². The quantitative estimate of drug-likeness (QED) is 0.673. The van der Waals surface area contributed by atoms with Crippen molar-refractivity contribution < 1.29 is 14.6 Å². The van der Waals surface area contributed by atoms with E-state index in [1.54, 1.807) is 32.2 Å². The molecule has 3 rings (SSSR count). The number of H-pyrrole nitrogens is 1. The number of hydrogen-bond donors (Lipinski definition) is 3. The lowest BCUT2D eigenvalue weighted by atomic mass is 10.1. The van der Waals surface area contributed by atoms with E-state index in [4.69, 9.17) is 4.74 Å². The molecule has 6 nitrogen and oxygen atoms in total. The summed E-state index contributed by atoms with van der Waals surface area (Å²) in [4.78, 5) is 19.5. The molecule has 0 radical (unpaired) electrons. The highest BCUT2D eigenvalue weighted by Gasteiger charge is 2.10. The Labute approximate surface area is 139 Å². The van der Waals surface area contributed by atoms with Gasteiger partial charge in [-0.3, -0.25) is 4.79 Å². The van der Waals surface area contributed by atoms with Crippen molar-refractivity contribution in [3.63, 3.8) is 0 Å². The minimum absolute atomic E-state index is 0.113. The lowest BCUT2D eigenvalue weighted by molar-refractivity contribution is -0.115. The number of amides is 1. The number of ether oxygens (including phenoxy) is 1. The van der Waals surface area contributed by atoms with Crippen molar-refractivity contribution in [1.82, 2.24) is 9.97 Å². The van der Waals surface area contributed by atoms with Crippen LogP contribution >= 0.6 is 0 Å². The van der Waals surface area contributed by atoms with Crippen molar-refractivity contribution in [2.75, 3.05) is 12.4 Å². The highest BCUT2D eigenvalue weighted by molar-refractivity contribution is 5.94. The van der Waals surface area contributed by atoms with Crippen molar-refractivity contribution in [3.05, 3.63) is 53.9 Å². The topological polar surface area (TPSA) is 87.2 Å². The summed E-state index contributed by atoms with van der Waals surface area (Å²) in [6, 6.07) is 12.8. The van der Waals surface area contributed by atoms with E-state index in [0.717, 1.165) is 22.3 Å². The Bertz CT molecular complexity index is 871. The Morgan fingerprint density at radius 3 is 2.92 bits per heavy atom. The summed E-state index contributed by atoms with van der Waals surface area (Å²) in [7, 11) is 1.60. The highest BCUT2D eigenvalue weighted by Crippen LogP contribution is 2.20. The maximum atomic E-state index is 12.2. The first kappa shape index (κ1) is 16.0. The molecule has 6 heteroatoms. The van der Waals surface area contributed by atoms with Crippen molar-refractivity contribution >= 4 is 22.6 Å². The standard InChI is InChI=1S/C18H19N3O3/c1-11(22)18-20-15-7-6-13(10-16(15)21-18)19-17(23)9-12-4-3-5-14(8-12)24-2/h3-8,10-11,22H,9H2,1-2H3,(H,19,23)(H,20,21). The second kappa shape index (κ2) is 6.72. The van der Waals surface area contributed by atoms with E-state index in [9.17, 15) is 9.90 Å². The van der Waals surface area contributed by atoms with Gasteiger partial charge in [0.1, 0.15) is 17.7 Å². The van der Waals surface area contributed by atoms with Crippen LogP contribution < -0.4 is 10.1 Å². The van der Waals surface area contributed by atoms with E-state index in [0.29, 0.717) is 11.5 Å². The number of imidazole rings is 1. The van der Waals surface area contributed by atoms with E-state index in [-0.39, 0.29) is 12.3 Å². The van der Waals surface area contributed by atoms with Gasteiger partial charge in [-0.25, -0.2) is 4.98 Å². The van der Waals surface area contributed by atoms with Crippen LogP contribution in [-0.4, -0.2) is 28.1 Å². The van der Waals surface area contributed by atoms with Gasteiger partial charge >= 0.3 is 0 Å². The molecule has 1 heterocycles. The van der Waals surface area contributed by atoms with Crippen LogP contribution in [-0.2, 0) is 11.2 Å². The third-order valence-corrected chi connectivity index (χ3v) is 3.68. The zero-order chi connectivity index (χ0) is 17.1. The zero-order valence-corrected chi connectivity index (χ0v) is 13.5. The molecular formula is C18H19N3O3. The molecular weight excluding hydrogens is 306 g/mol. The normalized spacial score (nSPS) is 12.1.